The zero-order chi connectivity index (χ0) is 18.7. The van der Waals surface area contributed by atoms with Gasteiger partial charge in [-0.2, -0.15) is 0 Å². The molecule has 2 N–H and O–H groups in total. The topological polar surface area (TPSA) is 70.6 Å². The number of unbranched alkanes of at least 4 members (excludes halogenated alkanes) is 3. The summed E-state index contributed by atoms with van der Waals surface area (Å²) >= 11 is 0. The molecule has 0 amide bonds. The smallest absolute Gasteiger partial charge is 0.191 e. The molecular weight excluding hydrogens is 461 g/mol. The van der Waals surface area contributed by atoms with Gasteiger partial charge in [-0.05, 0) is 30.0 Å². The highest BCUT2D eigenvalue weighted by Gasteiger charge is 2.06. The lowest BCUT2D eigenvalue weighted by atomic mass is 10.0. The average molecular weight is 495 g/mol. The van der Waals surface area contributed by atoms with Crippen molar-refractivity contribution in [3.63, 3.8) is 0 Å². The molecule has 0 saturated heterocycles. The van der Waals surface area contributed by atoms with Crippen molar-refractivity contribution in [3.05, 3.63) is 29.8 Å². The molecule has 5 nitrogen and oxygen atoms in total. The Morgan fingerprint density at radius 3 is 2.19 bits per heavy atom. The lowest BCUT2D eigenvalue weighted by Crippen LogP contribution is -2.37. The summed E-state index contributed by atoms with van der Waals surface area (Å²) in [7, 11) is -1.38. The van der Waals surface area contributed by atoms with Crippen LogP contribution in [-0.4, -0.2) is 34.2 Å². The second-order valence-electron chi connectivity index (χ2n) is 6.87. The van der Waals surface area contributed by atoms with Crippen LogP contribution in [0.2, 0.25) is 0 Å². The Kier molecular flexibility index (Phi) is 12.9. The molecule has 0 aromatic heterocycles. The van der Waals surface area contributed by atoms with E-state index in [2.05, 4.69) is 29.5 Å². The van der Waals surface area contributed by atoms with Crippen LogP contribution >= 0.6 is 24.0 Å². The monoisotopic (exact) mass is 495 g/mol. The molecule has 0 radical (unpaired) electrons. The Bertz CT molecular complexity index is 629. The van der Waals surface area contributed by atoms with E-state index in [0.29, 0.717) is 11.4 Å². The fraction of sp³-hybridized carbons (Fsp3) is 0.632. The van der Waals surface area contributed by atoms with Gasteiger partial charge in [0.1, 0.15) is 0 Å². The first kappa shape index (κ1) is 25.2. The molecule has 0 heterocycles. The third-order valence-corrected chi connectivity index (χ3v) is 5.16. The van der Waals surface area contributed by atoms with E-state index in [-0.39, 0.29) is 24.0 Å². The molecule has 0 atom stereocenters. The van der Waals surface area contributed by atoms with Crippen LogP contribution in [0, 0.1) is 5.92 Å². The van der Waals surface area contributed by atoms with Crippen molar-refractivity contribution < 1.29 is 8.42 Å². The number of nitrogens with zero attached hydrogens (tertiary/aromatic N) is 1. The SMILES string of the molecule is CN=C(NCCCCCCC(C)C)NCc1ccc(S(C)(=O)=O)cc1.I. The van der Waals surface area contributed by atoms with Gasteiger partial charge in [0.05, 0.1) is 4.90 Å². The Hall–Kier alpha value is -0.830. The summed E-state index contributed by atoms with van der Waals surface area (Å²) < 4.78 is 22.9. The highest BCUT2D eigenvalue weighted by molar-refractivity contribution is 14.0. The van der Waals surface area contributed by atoms with Crippen LogP contribution in [0.4, 0.5) is 0 Å². The zero-order valence-electron chi connectivity index (χ0n) is 16.4. The van der Waals surface area contributed by atoms with Crippen molar-refractivity contribution in [3.8, 4) is 0 Å². The first-order valence-corrected chi connectivity index (χ1v) is 11.0. The van der Waals surface area contributed by atoms with Gasteiger partial charge in [-0.1, -0.05) is 51.7 Å². The van der Waals surface area contributed by atoms with Crippen molar-refractivity contribution in [2.75, 3.05) is 19.8 Å². The Labute approximate surface area is 176 Å². The lowest BCUT2D eigenvalue weighted by Gasteiger charge is -2.12. The molecule has 1 rings (SSSR count). The number of benzene rings is 1. The quantitative estimate of drug-likeness (QED) is 0.223. The molecule has 26 heavy (non-hydrogen) atoms. The van der Waals surface area contributed by atoms with E-state index in [1.165, 1.54) is 31.9 Å². The zero-order valence-corrected chi connectivity index (χ0v) is 19.6. The second-order valence-corrected chi connectivity index (χ2v) is 8.88. The molecule has 1 aromatic carbocycles. The predicted octanol–water partition coefficient (Wildman–Crippen LogP) is 3.98. The summed E-state index contributed by atoms with van der Waals surface area (Å²) in [5.41, 5.74) is 1.02. The maximum absolute atomic E-state index is 11.5. The van der Waals surface area contributed by atoms with Crippen LogP contribution in [0.5, 0.6) is 0 Å². The number of aliphatic imine (C=N–C) groups is 1. The fourth-order valence-electron chi connectivity index (χ4n) is 2.50. The molecule has 0 aliphatic heterocycles. The largest absolute Gasteiger partial charge is 0.356 e. The molecule has 7 heteroatoms. The van der Waals surface area contributed by atoms with E-state index >= 15 is 0 Å². The van der Waals surface area contributed by atoms with Gasteiger partial charge in [0.25, 0.3) is 0 Å². The minimum absolute atomic E-state index is 0. The van der Waals surface area contributed by atoms with Gasteiger partial charge in [-0.15, -0.1) is 24.0 Å². The van der Waals surface area contributed by atoms with E-state index in [0.717, 1.165) is 30.4 Å². The van der Waals surface area contributed by atoms with Crippen molar-refractivity contribution in [1.82, 2.24) is 10.6 Å². The van der Waals surface area contributed by atoms with Crippen LogP contribution in [-0.2, 0) is 16.4 Å². The van der Waals surface area contributed by atoms with Gasteiger partial charge >= 0.3 is 0 Å². The number of guanidine groups is 1. The highest BCUT2D eigenvalue weighted by atomic mass is 127. The van der Waals surface area contributed by atoms with Gasteiger partial charge in [-0.25, -0.2) is 8.42 Å². The minimum Gasteiger partial charge on any atom is -0.356 e. The van der Waals surface area contributed by atoms with Gasteiger partial charge < -0.3 is 10.6 Å². The number of rotatable bonds is 10. The maximum Gasteiger partial charge on any atom is 0.191 e. The summed E-state index contributed by atoms with van der Waals surface area (Å²) in [6.07, 6.45) is 7.52. The highest BCUT2D eigenvalue weighted by Crippen LogP contribution is 2.10. The third kappa shape index (κ3) is 11.0. The van der Waals surface area contributed by atoms with Crippen molar-refractivity contribution in [2.45, 2.75) is 57.4 Å². The van der Waals surface area contributed by atoms with Crippen molar-refractivity contribution >= 4 is 39.8 Å². The van der Waals surface area contributed by atoms with Crippen LogP contribution in [0.3, 0.4) is 0 Å². The summed E-state index contributed by atoms with van der Waals surface area (Å²) in [5.74, 6) is 1.57. The molecular formula is C19H34IN3O2S. The molecule has 0 saturated carbocycles. The Morgan fingerprint density at radius 1 is 1.04 bits per heavy atom. The standard InChI is InChI=1S/C19H33N3O2S.HI/c1-16(2)9-7-5-6-8-14-21-19(20-3)22-15-17-10-12-18(13-11-17)25(4,23)24;/h10-13,16H,5-9,14-15H2,1-4H3,(H2,20,21,22);1H. The van der Waals surface area contributed by atoms with Gasteiger partial charge in [-0.3, -0.25) is 4.99 Å². The number of hydrogen-bond donors (Lipinski definition) is 2. The molecule has 0 bridgehead atoms. The van der Waals surface area contributed by atoms with E-state index < -0.39 is 9.84 Å². The minimum atomic E-state index is -3.14. The number of hydrogen-bond acceptors (Lipinski definition) is 3. The summed E-state index contributed by atoms with van der Waals surface area (Å²) in [5, 5.41) is 6.57. The predicted molar refractivity (Wildman–Crippen MR) is 121 cm³/mol. The van der Waals surface area contributed by atoms with Crippen molar-refractivity contribution in [1.29, 1.82) is 0 Å². The summed E-state index contributed by atoms with van der Waals surface area (Å²) in [4.78, 5) is 4.56. The van der Waals surface area contributed by atoms with Crippen LogP contribution in [0.25, 0.3) is 0 Å². The van der Waals surface area contributed by atoms with Crippen LogP contribution < -0.4 is 10.6 Å². The molecule has 0 unspecified atom stereocenters. The Morgan fingerprint density at radius 2 is 1.65 bits per heavy atom. The van der Waals surface area contributed by atoms with E-state index in [1.807, 2.05) is 12.1 Å². The van der Waals surface area contributed by atoms with Crippen LogP contribution in [0.15, 0.2) is 34.2 Å². The van der Waals surface area contributed by atoms with E-state index in [4.69, 9.17) is 0 Å². The first-order chi connectivity index (χ1) is 11.8. The van der Waals surface area contributed by atoms with Gasteiger partial charge in [0, 0.05) is 26.4 Å². The number of sulfone groups is 1. The van der Waals surface area contributed by atoms with E-state index in [1.54, 1.807) is 19.2 Å². The number of halogens is 1. The van der Waals surface area contributed by atoms with Gasteiger partial charge in [0.2, 0.25) is 0 Å². The molecule has 0 aliphatic rings. The van der Waals surface area contributed by atoms with E-state index in [9.17, 15) is 8.42 Å². The molecule has 1 aromatic rings. The summed E-state index contributed by atoms with van der Waals surface area (Å²) in [6.45, 7) is 6.06. The third-order valence-electron chi connectivity index (χ3n) is 4.04. The molecule has 150 valence electrons. The first-order valence-electron chi connectivity index (χ1n) is 9.06. The van der Waals surface area contributed by atoms with Gasteiger partial charge in [0.15, 0.2) is 15.8 Å². The fourth-order valence-corrected chi connectivity index (χ4v) is 3.13. The number of nitrogens with one attached hydrogen (secondary N) is 2. The normalized spacial score (nSPS) is 12.0. The molecule has 0 spiro atoms. The maximum atomic E-state index is 11.5. The van der Waals surface area contributed by atoms with Crippen molar-refractivity contribution in [2.24, 2.45) is 10.9 Å². The van der Waals surface area contributed by atoms with Crippen LogP contribution in [0.1, 0.15) is 51.5 Å². The summed E-state index contributed by atoms with van der Waals surface area (Å²) in [6, 6.07) is 6.93. The molecule has 0 aliphatic carbocycles. The average Bonchev–Trinajstić information content (AvgIpc) is 2.56. The lowest BCUT2D eigenvalue weighted by molar-refractivity contribution is 0.518. The molecule has 0 fully saturated rings. The second kappa shape index (κ2) is 13.4. The Balaban J connectivity index is 0.00000625.